The van der Waals surface area contributed by atoms with Crippen LogP contribution in [0.25, 0.3) is 0 Å². The highest BCUT2D eigenvalue weighted by molar-refractivity contribution is 5.83. The summed E-state index contributed by atoms with van der Waals surface area (Å²) in [6.45, 7) is 10.2. The Labute approximate surface area is 152 Å². The van der Waals surface area contributed by atoms with E-state index in [1.165, 1.54) is 0 Å². The summed E-state index contributed by atoms with van der Waals surface area (Å²) in [5.41, 5.74) is -0.261. The zero-order valence-electron chi connectivity index (χ0n) is 15.9. The van der Waals surface area contributed by atoms with Gasteiger partial charge in [0, 0.05) is 38.6 Å². The fourth-order valence-corrected chi connectivity index (χ4v) is 4.59. The summed E-state index contributed by atoms with van der Waals surface area (Å²) in [5.74, 6) is 0.707. The van der Waals surface area contributed by atoms with Crippen LogP contribution in [0.15, 0.2) is 12.2 Å². The van der Waals surface area contributed by atoms with E-state index in [1.807, 2.05) is 9.80 Å². The molecule has 0 spiro atoms. The van der Waals surface area contributed by atoms with Gasteiger partial charge in [0.1, 0.15) is 0 Å². The Hall–Kier alpha value is -1.36. The molecule has 2 saturated heterocycles. The van der Waals surface area contributed by atoms with Crippen LogP contribution >= 0.6 is 0 Å². The highest BCUT2D eigenvalue weighted by atomic mass is 16.2. The number of hydrogen-bond acceptors (Lipinski definition) is 3. The molecule has 140 valence electrons. The Morgan fingerprint density at radius 1 is 1.00 bits per heavy atom. The van der Waals surface area contributed by atoms with Crippen molar-refractivity contribution in [1.29, 1.82) is 0 Å². The molecule has 3 aliphatic rings. The normalized spacial score (nSPS) is 29.0. The molecule has 0 N–H and O–H groups in total. The van der Waals surface area contributed by atoms with E-state index in [2.05, 4.69) is 30.9 Å². The molecule has 0 saturated carbocycles. The molecule has 5 heteroatoms. The number of likely N-dealkylation sites (tertiary alicyclic amines) is 1. The number of amides is 2. The Kier molecular flexibility index (Phi) is 5.82. The van der Waals surface area contributed by atoms with Gasteiger partial charge < -0.3 is 14.7 Å². The van der Waals surface area contributed by atoms with Crippen LogP contribution in [0, 0.1) is 11.3 Å². The van der Waals surface area contributed by atoms with Crippen molar-refractivity contribution in [3.63, 3.8) is 0 Å². The SMILES string of the molecule is CCN1CCCC(C)(C(=O)N2CCCN(C(=O)C3CC=CC3)CC2)C1. The Bertz CT molecular complexity index is 525. The summed E-state index contributed by atoms with van der Waals surface area (Å²) < 4.78 is 0. The molecular weight excluding hydrogens is 314 g/mol. The monoisotopic (exact) mass is 347 g/mol. The number of rotatable bonds is 3. The minimum atomic E-state index is -0.261. The first-order chi connectivity index (χ1) is 12.0. The van der Waals surface area contributed by atoms with Crippen LogP contribution in [0.3, 0.4) is 0 Å². The highest BCUT2D eigenvalue weighted by Gasteiger charge is 2.40. The van der Waals surface area contributed by atoms with Gasteiger partial charge in [-0.3, -0.25) is 9.59 Å². The van der Waals surface area contributed by atoms with Crippen molar-refractivity contribution in [2.75, 3.05) is 45.8 Å². The number of hydrogen-bond donors (Lipinski definition) is 0. The fourth-order valence-electron chi connectivity index (χ4n) is 4.59. The van der Waals surface area contributed by atoms with E-state index in [-0.39, 0.29) is 17.2 Å². The summed E-state index contributed by atoms with van der Waals surface area (Å²) in [6.07, 6.45) is 8.95. The molecule has 2 aliphatic heterocycles. The summed E-state index contributed by atoms with van der Waals surface area (Å²) in [6, 6.07) is 0. The Balaban J connectivity index is 1.58. The lowest BCUT2D eigenvalue weighted by atomic mass is 9.80. The molecule has 0 aromatic carbocycles. The Morgan fingerprint density at radius 2 is 1.68 bits per heavy atom. The zero-order valence-corrected chi connectivity index (χ0v) is 15.9. The second-order valence-corrected chi connectivity index (χ2v) is 8.14. The lowest BCUT2D eigenvalue weighted by Gasteiger charge is -2.41. The molecule has 1 atom stereocenters. The average molecular weight is 348 g/mol. The second-order valence-electron chi connectivity index (χ2n) is 8.14. The molecule has 0 radical (unpaired) electrons. The summed E-state index contributed by atoms with van der Waals surface area (Å²) in [5, 5.41) is 0. The largest absolute Gasteiger partial charge is 0.341 e. The standard InChI is InChI=1S/C20H33N3O2/c1-3-21-11-6-10-20(2,16-21)19(25)23-13-7-12-22(14-15-23)18(24)17-8-4-5-9-17/h4-5,17H,3,6-16H2,1-2H3. The molecule has 0 aromatic rings. The topological polar surface area (TPSA) is 43.9 Å². The maximum absolute atomic E-state index is 13.2. The molecule has 2 heterocycles. The van der Waals surface area contributed by atoms with Gasteiger partial charge in [-0.2, -0.15) is 0 Å². The zero-order chi connectivity index (χ0) is 17.9. The quantitative estimate of drug-likeness (QED) is 0.735. The Morgan fingerprint density at radius 3 is 2.40 bits per heavy atom. The minimum Gasteiger partial charge on any atom is -0.341 e. The summed E-state index contributed by atoms with van der Waals surface area (Å²) in [4.78, 5) is 32.3. The van der Waals surface area contributed by atoms with Crippen molar-refractivity contribution in [1.82, 2.24) is 14.7 Å². The molecule has 25 heavy (non-hydrogen) atoms. The van der Waals surface area contributed by atoms with E-state index in [4.69, 9.17) is 0 Å². The molecule has 1 aliphatic carbocycles. The van der Waals surface area contributed by atoms with Gasteiger partial charge in [0.25, 0.3) is 0 Å². The van der Waals surface area contributed by atoms with Crippen LogP contribution in [-0.4, -0.2) is 72.3 Å². The smallest absolute Gasteiger partial charge is 0.229 e. The van der Waals surface area contributed by atoms with Gasteiger partial charge in [-0.1, -0.05) is 19.1 Å². The molecule has 5 nitrogen and oxygen atoms in total. The van der Waals surface area contributed by atoms with E-state index in [0.29, 0.717) is 19.0 Å². The number of carbonyl (C=O) groups excluding carboxylic acids is 2. The van der Waals surface area contributed by atoms with E-state index in [0.717, 1.165) is 64.8 Å². The lowest BCUT2D eigenvalue weighted by Crippen LogP contribution is -2.52. The van der Waals surface area contributed by atoms with Crippen molar-refractivity contribution in [2.24, 2.45) is 11.3 Å². The predicted molar refractivity (Wildman–Crippen MR) is 99.1 cm³/mol. The highest BCUT2D eigenvalue weighted by Crippen LogP contribution is 2.32. The summed E-state index contributed by atoms with van der Waals surface area (Å²) >= 11 is 0. The molecule has 2 amide bonds. The van der Waals surface area contributed by atoms with Gasteiger partial charge in [-0.05, 0) is 52.1 Å². The van der Waals surface area contributed by atoms with Crippen LogP contribution in [0.5, 0.6) is 0 Å². The van der Waals surface area contributed by atoms with E-state index in [1.54, 1.807) is 0 Å². The first-order valence-electron chi connectivity index (χ1n) is 9.99. The average Bonchev–Trinajstić information content (AvgIpc) is 3.05. The van der Waals surface area contributed by atoms with Crippen LogP contribution in [0.1, 0.15) is 46.0 Å². The molecular formula is C20H33N3O2. The molecule has 0 bridgehead atoms. The number of nitrogens with zero attached hydrogens (tertiary/aromatic N) is 3. The van der Waals surface area contributed by atoms with Crippen molar-refractivity contribution in [3.05, 3.63) is 12.2 Å². The third kappa shape index (κ3) is 4.08. The molecule has 1 unspecified atom stereocenters. The van der Waals surface area contributed by atoms with Crippen molar-refractivity contribution >= 4 is 11.8 Å². The molecule has 2 fully saturated rings. The van der Waals surface area contributed by atoms with Gasteiger partial charge in [-0.15, -0.1) is 0 Å². The number of allylic oxidation sites excluding steroid dienone is 2. The minimum absolute atomic E-state index is 0.135. The van der Waals surface area contributed by atoms with Crippen LogP contribution in [0.4, 0.5) is 0 Å². The van der Waals surface area contributed by atoms with E-state index in [9.17, 15) is 9.59 Å². The number of carbonyl (C=O) groups is 2. The van der Waals surface area contributed by atoms with Crippen molar-refractivity contribution < 1.29 is 9.59 Å². The maximum Gasteiger partial charge on any atom is 0.229 e. The van der Waals surface area contributed by atoms with Crippen LogP contribution in [0.2, 0.25) is 0 Å². The predicted octanol–water partition coefficient (Wildman–Crippen LogP) is 2.14. The summed E-state index contributed by atoms with van der Waals surface area (Å²) in [7, 11) is 0. The first kappa shape index (κ1) is 18.4. The third-order valence-corrected chi connectivity index (χ3v) is 6.19. The van der Waals surface area contributed by atoms with E-state index >= 15 is 0 Å². The van der Waals surface area contributed by atoms with Crippen molar-refractivity contribution in [3.8, 4) is 0 Å². The molecule has 0 aromatic heterocycles. The van der Waals surface area contributed by atoms with Crippen LogP contribution < -0.4 is 0 Å². The van der Waals surface area contributed by atoms with Gasteiger partial charge in [0.15, 0.2) is 0 Å². The van der Waals surface area contributed by atoms with Crippen LogP contribution in [-0.2, 0) is 9.59 Å². The van der Waals surface area contributed by atoms with Crippen molar-refractivity contribution in [2.45, 2.75) is 46.0 Å². The van der Waals surface area contributed by atoms with E-state index < -0.39 is 0 Å². The lowest BCUT2D eigenvalue weighted by molar-refractivity contribution is -0.145. The third-order valence-electron chi connectivity index (χ3n) is 6.19. The fraction of sp³-hybridized carbons (Fsp3) is 0.800. The van der Waals surface area contributed by atoms with Gasteiger partial charge in [-0.25, -0.2) is 0 Å². The first-order valence-corrected chi connectivity index (χ1v) is 9.99. The maximum atomic E-state index is 13.2. The molecule has 3 rings (SSSR count). The van der Waals surface area contributed by atoms with Gasteiger partial charge in [0.05, 0.1) is 5.41 Å². The number of piperidine rings is 1. The van der Waals surface area contributed by atoms with Gasteiger partial charge in [0.2, 0.25) is 11.8 Å². The second kappa shape index (κ2) is 7.90. The van der Waals surface area contributed by atoms with Gasteiger partial charge >= 0.3 is 0 Å².